The highest BCUT2D eigenvalue weighted by Gasteiger charge is 2.25. The van der Waals surface area contributed by atoms with Crippen LogP contribution in [0, 0.1) is 0 Å². The molecule has 1 aliphatic rings. The summed E-state index contributed by atoms with van der Waals surface area (Å²) in [4.78, 5) is 15.0. The molecule has 2 aromatic carbocycles. The molecule has 1 heterocycles. The quantitative estimate of drug-likeness (QED) is 0.844. The number of rotatable bonds is 6. The van der Waals surface area contributed by atoms with Gasteiger partial charge in [-0.3, -0.25) is 4.79 Å². The third-order valence-corrected chi connectivity index (χ3v) is 5.26. The fourth-order valence-electron chi connectivity index (χ4n) is 3.70. The average molecular weight is 368 g/mol. The second-order valence-electron chi connectivity index (χ2n) is 7.04. The Labute approximate surface area is 161 Å². The van der Waals surface area contributed by atoms with Crippen molar-refractivity contribution in [1.29, 1.82) is 0 Å². The minimum absolute atomic E-state index is 0.00377. The molecule has 1 amide bonds. The van der Waals surface area contributed by atoms with Gasteiger partial charge in [0.1, 0.15) is 11.5 Å². The number of amides is 1. The number of carbonyl (C=O) groups is 1. The van der Waals surface area contributed by atoms with E-state index in [0.717, 1.165) is 35.6 Å². The monoisotopic (exact) mass is 368 g/mol. The summed E-state index contributed by atoms with van der Waals surface area (Å²) in [6.45, 7) is 4.48. The van der Waals surface area contributed by atoms with Gasteiger partial charge in [-0.2, -0.15) is 0 Å². The summed E-state index contributed by atoms with van der Waals surface area (Å²) in [5, 5.41) is 3.10. The maximum Gasteiger partial charge on any atom is 0.240 e. The van der Waals surface area contributed by atoms with Crippen LogP contribution in [-0.4, -0.2) is 32.7 Å². The number of nitrogens with one attached hydrogen (secondary N) is 1. The van der Waals surface area contributed by atoms with Crippen molar-refractivity contribution in [2.75, 3.05) is 25.7 Å². The van der Waals surface area contributed by atoms with Crippen LogP contribution in [0.15, 0.2) is 42.5 Å². The molecule has 0 fully saturated rings. The summed E-state index contributed by atoms with van der Waals surface area (Å²) in [6.07, 6.45) is 2.12. The van der Waals surface area contributed by atoms with Crippen LogP contribution in [0.25, 0.3) is 0 Å². The summed E-state index contributed by atoms with van der Waals surface area (Å²) in [6, 6.07) is 14.1. The Morgan fingerprint density at radius 3 is 2.74 bits per heavy atom. The standard InChI is InChI=1S/C22H28N2O3/c1-15-9-10-17-7-5-6-8-20(17)24(15)14-22(25)23-16(2)19-13-18(26-3)11-12-21(19)27-4/h5-8,11-13,15-16H,9-10,14H2,1-4H3,(H,23,25). The van der Waals surface area contributed by atoms with Crippen molar-refractivity contribution in [3.05, 3.63) is 53.6 Å². The van der Waals surface area contributed by atoms with Crippen molar-refractivity contribution >= 4 is 11.6 Å². The summed E-state index contributed by atoms with van der Waals surface area (Å²) in [5.41, 5.74) is 3.38. The summed E-state index contributed by atoms with van der Waals surface area (Å²) >= 11 is 0. The van der Waals surface area contributed by atoms with Gasteiger partial charge in [-0.1, -0.05) is 18.2 Å². The van der Waals surface area contributed by atoms with E-state index in [0.29, 0.717) is 12.6 Å². The van der Waals surface area contributed by atoms with E-state index in [2.05, 4.69) is 35.3 Å². The molecule has 144 valence electrons. The second kappa shape index (κ2) is 8.33. The molecule has 0 saturated carbocycles. The normalized spacial score (nSPS) is 17.0. The Morgan fingerprint density at radius 1 is 1.22 bits per heavy atom. The molecule has 1 N–H and O–H groups in total. The van der Waals surface area contributed by atoms with Gasteiger partial charge in [-0.05, 0) is 56.5 Å². The van der Waals surface area contributed by atoms with E-state index in [1.807, 2.05) is 31.2 Å². The van der Waals surface area contributed by atoms with Gasteiger partial charge in [0.15, 0.2) is 0 Å². The zero-order valence-corrected chi connectivity index (χ0v) is 16.5. The number of hydrogen-bond donors (Lipinski definition) is 1. The third-order valence-electron chi connectivity index (χ3n) is 5.26. The van der Waals surface area contributed by atoms with E-state index in [9.17, 15) is 4.79 Å². The molecular formula is C22H28N2O3. The molecule has 0 radical (unpaired) electrons. The second-order valence-corrected chi connectivity index (χ2v) is 7.04. The van der Waals surface area contributed by atoms with Crippen LogP contribution in [0.5, 0.6) is 11.5 Å². The molecule has 1 aliphatic heterocycles. The zero-order valence-electron chi connectivity index (χ0n) is 16.5. The molecule has 27 heavy (non-hydrogen) atoms. The van der Waals surface area contributed by atoms with Crippen molar-refractivity contribution in [3.63, 3.8) is 0 Å². The molecule has 3 rings (SSSR count). The minimum atomic E-state index is -0.183. The lowest BCUT2D eigenvalue weighted by atomic mass is 9.96. The van der Waals surface area contributed by atoms with Gasteiger partial charge in [0.25, 0.3) is 0 Å². The lowest BCUT2D eigenvalue weighted by molar-refractivity contribution is -0.120. The number of benzene rings is 2. The first-order chi connectivity index (χ1) is 13.0. The molecular weight excluding hydrogens is 340 g/mol. The molecule has 0 saturated heterocycles. The Balaban J connectivity index is 1.73. The molecule has 2 unspecified atom stereocenters. The number of aryl methyl sites for hydroxylation is 1. The van der Waals surface area contributed by atoms with Crippen molar-refractivity contribution in [2.45, 2.75) is 38.8 Å². The molecule has 0 bridgehead atoms. The zero-order chi connectivity index (χ0) is 19.4. The number of fused-ring (bicyclic) bond motifs is 1. The predicted octanol–water partition coefficient (Wildman–Crippen LogP) is 3.72. The highest BCUT2D eigenvalue weighted by atomic mass is 16.5. The molecule has 2 aromatic rings. The number of para-hydroxylation sites is 1. The van der Waals surface area contributed by atoms with E-state index in [1.165, 1.54) is 5.56 Å². The molecule has 0 aliphatic carbocycles. The summed E-state index contributed by atoms with van der Waals surface area (Å²) in [5.74, 6) is 1.47. The van der Waals surface area contributed by atoms with E-state index in [4.69, 9.17) is 9.47 Å². The van der Waals surface area contributed by atoms with Gasteiger partial charge in [-0.15, -0.1) is 0 Å². The van der Waals surface area contributed by atoms with Crippen molar-refractivity contribution < 1.29 is 14.3 Å². The Bertz CT molecular complexity index is 806. The fourth-order valence-corrected chi connectivity index (χ4v) is 3.70. The van der Waals surface area contributed by atoms with Crippen molar-refractivity contribution in [1.82, 2.24) is 5.32 Å². The topological polar surface area (TPSA) is 50.8 Å². The number of nitrogens with zero attached hydrogens (tertiary/aromatic N) is 1. The third kappa shape index (κ3) is 4.18. The van der Waals surface area contributed by atoms with Gasteiger partial charge in [0.05, 0.1) is 26.8 Å². The van der Waals surface area contributed by atoms with Crippen LogP contribution >= 0.6 is 0 Å². The average Bonchev–Trinajstić information content (AvgIpc) is 2.69. The fraction of sp³-hybridized carbons (Fsp3) is 0.409. The maximum absolute atomic E-state index is 12.8. The van der Waals surface area contributed by atoms with E-state index in [1.54, 1.807) is 14.2 Å². The van der Waals surface area contributed by atoms with Gasteiger partial charge in [0, 0.05) is 17.3 Å². The molecule has 5 nitrogen and oxygen atoms in total. The number of ether oxygens (including phenoxy) is 2. The number of hydrogen-bond acceptors (Lipinski definition) is 4. The van der Waals surface area contributed by atoms with Crippen LogP contribution < -0.4 is 19.7 Å². The Hall–Kier alpha value is -2.69. The smallest absolute Gasteiger partial charge is 0.240 e. The summed E-state index contributed by atoms with van der Waals surface area (Å²) in [7, 11) is 3.26. The van der Waals surface area contributed by atoms with Gasteiger partial charge in [-0.25, -0.2) is 0 Å². The molecule has 0 aromatic heterocycles. The largest absolute Gasteiger partial charge is 0.497 e. The van der Waals surface area contributed by atoms with E-state index in [-0.39, 0.29) is 11.9 Å². The van der Waals surface area contributed by atoms with Crippen molar-refractivity contribution in [3.8, 4) is 11.5 Å². The van der Waals surface area contributed by atoms with Crippen LogP contribution in [0.3, 0.4) is 0 Å². The molecule has 0 spiro atoms. The minimum Gasteiger partial charge on any atom is -0.497 e. The lowest BCUT2D eigenvalue weighted by Crippen LogP contribution is -2.44. The van der Waals surface area contributed by atoms with Gasteiger partial charge >= 0.3 is 0 Å². The van der Waals surface area contributed by atoms with Crippen LogP contribution in [0.2, 0.25) is 0 Å². The molecule has 5 heteroatoms. The maximum atomic E-state index is 12.8. The summed E-state index contributed by atoms with van der Waals surface area (Å²) < 4.78 is 10.8. The SMILES string of the molecule is COc1ccc(OC)c(C(C)NC(=O)CN2c3ccccc3CCC2C)c1. The Morgan fingerprint density at radius 2 is 2.00 bits per heavy atom. The Kier molecular flexibility index (Phi) is 5.89. The highest BCUT2D eigenvalue weighted by molar-refractivity contribution is 5.82. The predicted molar refractivity (Wildman–Crippen MR) is 108 cm³/mol. The number of methoxy groups -OCH3 is 2. The highest BCUT2D eigenvalue weighted by Crippen LogP contribution is 2.31. The van der Waals surface area contributed by atoms with E-state index >= 15 is 0 Å². The van der Waals surface area contributed by atoms with Crippen LogP contribution in [0.4, 0.5) is 5.69 Å². The van der Waals surface area contributed by atoms with Crippen molar-refractivity contribution in [2.24, 2.45) is 0 Å². The number of carbonyl (C=O) groups excluding carboxylic acids is 1. The lowest BCUT2D eigenvalue weighted by Gasteiger charge is -2.36. The first-order valence-electron chi connectivity index (χ1n) is 9.39. The van der Waals surface area contributed by atoms with Crippen LogP contribution in [-0.2, 0) is 11.2 Å². The van der Waals surface area contributed by atoms with Crippen LogP contribution in [0.1, 0.15) is 37.4 Å². The number of anilines is 1. The first-order valence-corrected chi connectivity index (χ1v) is 9.39. The van der Waals surface area contributed by atoms with E-state index < -0.39 is 0 Å². The molecule has 2 atom stereocenters. The van der Waals surface area contributed by atoms with Gasteiger partial charge in [0.2, 0.25) is 5.91 Å². The first kappa shape index (κ1) is 19.1. The van der Waals surface area contributed by atoms with Gasteiger partial charge < -0.3 is 19.7 Å².